The van der Waals surface area contributed by atoms with E-state index in [1.165, 1.54) is 31.8 Å². The van der Waals surface area contributed by atoms with Crippen LogP contribution in [0.2, 0.25) is 6.04 Å². The first-order valence-corrected chi connectivity index (χ1v) is 15.0. The van der Waals surface area contributed by atoms with Crippen LogP contribution in [-0.2, 0) is 22.8 Å². The molecule has 0 bridgehead atoms. The Labute approximate surface area is 213 Å². The third-order valence-electron chi connectivity index (χ3n) is 5.53. The van der Waals surface area contributed by atoms with Gasteiger partial charge in [-0.3, -0.25) is 0 Å². The van der Waals surface area contributed by atoms with E-state index in [2.05, 4.69) is 0 Å². The maximum absolute atomic E-state index is 11.9. The number of carbonyl (C=O) groups is 1. The fourth-order valence-electron chi connectivity index (χ4n) is 3.85. The van der Waals surface area contributed by atoms with Gasteiger partial charge in [0.05, 0.1) is 20.8 Å². The van der Waals surface area contributed by atoms with E-state index < -0.39 is 8.80 Å². The van der Waals surface area contributed by atoms with Gasteiger partial charge in [0, 0.05) is 31.9 Å². The quantitative estimate of drug-likeness (QED) is 0.0816. The maximum Gasteiger partial charge on any atom is 0.500 e. The van der Waals surface area contributed by atoms with Crippen LogP contribution >= 0.6 is 0 Å². The molecule has 0 radical (unpaired) electrons. The van der Waals surface area contributed by atoms with E-state index in [0.717, 1.165) is 37.3 Å². The molecule has 35 heavy (non-hydrogen) atoms. The molecule has 0 heterocycles. The molecule has 1 aromatic carbocycles. The summed E-state index contributed by atoms with van der Waals surface area (Å²) in [5.41, 5.74) is 0.848. The van der Waals surface area contributed by atoms with Crippen molar-refractivity contribution in [2.75, 3.05) is 40.6 Å². The second-order valence-corrected chi connectivity index (χ2v) is 10.9. The molecule has 0 aliphatic rings. The van der Waals surface area contributed by atoms with Crippen LogP contribution in [0.1, 0.15) is 77.7 Å². The summed E-state index contributed by atoms with van der Waals surface area (Å²) in [6.07, 6.45) is 12.2. The zero-order chi connectivity index (χ0) is 25.8. The van der Waals surface area contributed by atoms with Crippen LogP contribution in [0.4, 0.5) is 0 Å². The minimum Gasteiger partial charge on any atom is -0.493 e. The van der Waals surface area contributed by atoms with Crippen molar-refractivity contribution >= 4 is 20.8 Å². The fourth-order valence-corrected chi connectivity index (χ4v) is 6.53. The molecule has 0 unspecified atom stereocenters. The number of methoxy groups -OCH3 is 2. The Hall–Kier alpha value is -1.87. The lowest BCUT2D eigenvalue weighted by Crippen LogP contribution is -2.45. The molecule has 0 aliphatic carbocycles. The number of ether oxygens (including phenoxy) is 3. The summed E-state index contributed by atoms with van der Waals surface area (Å²) < 4.78 is 33.5. The van der Waals surface area contributed by atoms with Gasteiger partial charge in [0.2, 0.25) is 0 Å². The number of hydrogen-bond donors (Lipinski definition) is 0. The van der Waals surface area contributed by atoms with Crippen molar-refractivity contribution in [1.29, 1.82) is 0 Å². The zero-order valence-corrected chi connectivity index (χ0v) is 23.4. The molecule has 0 spiro atoms. The molecule has 0 saturated carbocycles. The van der Waals surface area contributed by atoms with Crippen molar-refractivity contribution in [1.82, 2.24) is 0 Å². The van der Waals surface area contributed by atoms with Gasteiger partial charge in [-0.2, -0.15) is 0 Å². The summed E-state index contributed by atoms with van der Waals surface area (Å²) in [5, 5.41) is 0. The third-order valence-corrected chi connectivity index (χ3v) is 8.69. The highest BCUT2D eigenvalue weighted by molar-refractivity contribution is 6.60. The summed E-state index contributed by atoms with van der Waals surface area (Å²) in [6, 6.07) is 6.38. The molecular formula is C27H46O7Si. The van der Waals surface area contributed by atoms with Gasteiger partial charge in [-0.15, -0.1) is 0 Å². The molecular weight excluding hydrogens is 464 g/mol. The van der Waals surface area contributed by atoms with Gasteiger partial charge in [-0.1, -0.05) is 44.6 Å². The highest BCUT2D eigenvalue weighted by Gasteiger charge is 2.39. The highest BCUT2D eigenvalue weighted by Crippen LogP contribution is 2.28. The second kappa shape index (κ2) is 19.3. The fraction of sp³-hybridized carbons (Fsp3) is 0.667. The Bertz CT molecular complexity index is 706. The second-order valence-electron chi connectivity index (χ2n) is 8.18. The molecule has 0 saturated heterocycles. The molecule has 200 valence electrons. The molecule has 8 heteroatoms. The van der Waals surface area contributed by atoms with Crippen LogP contribution < -0.4 is 9.47 Å². The van der Waals surface area contributed by atoms with E-state index in [9.17, 15) is 4.79 Å². The monoisotopic (exact) mass is 510 g/mol. The lowest BCUT2D eigenvalue weighted by Gasteiger charge is -2.28. The van der Waals surface area contributed by atoms with Crippen molar-refractivity contribution in [3.8, 4) is 11.5 Å². The van der Waals surface area contributed by atoms with Crippen molar-refractivity contribution in [3.63, 3.8) is 0 Å². The molecule has 0 N–H and O–H groups in total. The predicted molar refractivity (Wildman–Crippen MR) is 142 cm³/mol. The molecule has 0 amide bonds. The Kier molecular flexibility index (Phi) is 17.2. The van der Waals surface area contributed by atoms with Gasteiger partial charge in [-0.05, 0) is 57.4 Å². The minimum absolute atomic E-state index is 0.328. The summed E-state index contributed by atoms with van der Waals surface area (Å²) in [4.78, 5) is 11.9. The van der Waals surface area contributed by atoms with E-state index in [1.807, 2.05) is 32.9 Å². The van der Waals surface area contributed by atoms with E-state index in [4.69, 9.17) is 27.5 Å². The van der Waals surface area contributed by atoms with Crippen LogP contribution in [0.3, 0.4) is 0 Å². The van der Waals surface area contributed by atoms with Gasteiger partial charge >= 0.3 is 14.8 Å². The first-order chi connectivity index (χ1) is 17.0. The van der Waals surface area contributed by atoms with Crippen LogP contribution in [0.15, 0.2) is 24.3 Å². The number of hydrogen-bond acceptors (Lipinski definition) is 7. The molecule has 0 aromatic heterocycles. The van der Waals surface area contributed by atoms with E-state index in [-0.39, 0.29) is 5.97 Å². The summed E-state index contributed by atoms with van der Waals surface area (Å²) in [7, 11) is 0.689. The third kappa shape index (κ3) is 13.1. The average molecular weight is 511 g/mol. The van der Waals surface area contributed by atoms with Crippen molar-refractivity contribution in [2.45, 2.75) is 78.2 Å². The minimum atomic E-state index is -2.49. The van der Waals surface area contributed by atoms with Gasteiger partial charge in [-0.25, -0.2) is 4.79 Å². The van der Waals surface area contributed by atoms with Gasteiger partial charge < -0.3 is 27.5 Å². The number of rotatable bonds is 21. The maximum atomic E-state index is 11.9. The summed E-state index contributed by atoms with van der Waals surface area (Å²) >= 11 is 0. The topological polar surface area (TPSA) is 72.5 Å². The standard InChI is InChI=1S/C27H46O7Si/c1-6-32-35(33-7-2,34-8-3)22-16-14-12-10-9-11-13-15-21-31-27(28)20-18-24-17-19-25(29-4)26(23-24)30-5/h17-20,23H,6-16,21-22H2,1-5H3/b20-18+. The molecule has 1 rings (SSSR count). The molecule has 0 fully saturated rings. The number of carbonyl (C=O) groups excluding carboxylic acids is 1. The van der Waals surface area contributed by atoms with Crippen LogP contribution in [0, 0.1) is 0 Å². The lowest BCUT2D eigenvalue weighted by molar-refractivity contribution is -0.137. The van der Waals surface area contributed by atoms with Crippen molar-refractivity contribution in [3.05, 3.63) is 29.8 Å². The Balaban J connectivity index is 2.11. The van der Waals surface area contributed by atoms with Crippen LogP contribution in [0.25, 0.3) is 6.08 Å². The summed E-state index contributed by atoms with van der Waals surface area (Å²) in [6.45, 7) is 8.35. The Morgan fingerprint density at radius 1 is 0.771 bits per heavy atom. The largest absolute Gasteiger partial charge is 0.500 e. The Morgan fingerprint density at radius 2 is 1.31 bits per heavy atom. The van der Waals surface area contributed by atoms with Crippen LogP contribution in [-0.4, -0.2) is 55.4 Å². The van der Waals surface area contributed by atoms with Gasteiger partial charge in [0.15, 0.2) is 11.5 Å². The van der Waals surface area contributed by atoms with Crippen molar-refractivity contribution < 1.29 is 32.3 Å². The predicted octanol–water partition coefficient (Wildman–Crippen LogP) is 6.43. The molecule has 0 atom stereocenters. The normalized spacial score (nSPS) is 11.7. The first kappa shape index (κ1) is 31.2. The number of unbranched alkanes of at least 4 members (excludes halogenated alkanes) is 7. The van der Waals surface area contributed by atoms with Crippen molar-refractivity contribution in [2.24, 2.45) is 0 Å². The van der Waals surface area contributed by atoms with Gasteiger partial charge in [0.1, 0.15) is 0 Å². The van der Waals surface area contributed by atoms with Crippen LogP contribution in [0.5, 0.6) is 11.5 Å². The molecule has 0 aliphatic heterocycles. The molecule has 7 nitrogen and oxygen atoms in total. The van der Waals surface area contributed by atoms with Gasteiger partial charge in [0.25, 0.3) is 0 Å². The average Bonchev–Trinajstić information content (AvgIpc) is 2.86. The van der Waals surface area contributed by atoms with E-state index >= 15 is 0 Å². The number of benzene rings is 1. The highest BCUT2D eigenvalue weighted by atomic mass is 28.4. The SMILES string of the molecule is CCO[Si](CCCCCCCCCCOC(=O)/C=C/c1ccc(OC)c(OC)c1)(OCC)OCC. The van der Waals surface area contributed by atoms with E-state index in [1.54, 1.807) is 26.4 Å². The smallest absolute Gasteiger partial charge is 0.493 e. The molecule has 1 aromatic rings. The number of esters is 1. The zero-order valence-electron chi connectivity index (χ0n) is 22.4. The van der Waals surface area contributed by atoms with E-state index in [0.29, 0.717) is 37.9 Å². The summed E-state index contributed by atoms with van der Waals surface area (Å²) in [5.74, 6) is 0.950. The Morgan fingerprint density at radius 3 is 1.86 bits per heavy atom. The first-order valence-electron chi connectivity index (χ1n) is 13.0. The lowest BCUT2D eigenvalue weighted by atomic mass is 10.1.